The van der Waals surface area contributed by atoms with Crippen LogP contribution in [0.4, 0.5) is 0 Å². The zero-order valence-corrected chi connectivity index (χ0v) is 31.7. The highest BCUT2D eigenvalue weighted by atomic mass is 32.1. The number of aliphatic hydroxyl groups is 1. The number of likely N-dealkylation sites (tertiary alicyclic amines) is 1. The van der Waals surface area contributed by atoms with Crippen molar-refractivity contribution in [3.63, 3.8) is 0 Å². The van der Waals surface area contributed by atoms with Crippen molar-refractivity contribution in [2.45, 2.75) is 111 Å². The molecule has 0 radical (unpaired) electrons. The van der Waals surface area contributed by atoms with Crippen LogP contribution in [0.15, 0.2) is 41.9 Å². The molecule has 1 N–H and O–H groups in total. The summed E-state index contributed by atoms with van der Waals surface area (Å²) in [5.74, 6) is -1.52. The molecule has 9 nitrogen and oxygen atoms in total. The maximum Gasteiger partial charge on any atom is 0.226 e. The molecule has 0 spiro atoms. The maximum atomic E-state index is 14.1. The van der Waals surface area contributed by atoms with Gasteiger partial charge in [-0.2, -0.15) is 0 Å². The van der Waals surface area contributed by atoms with E-state index in [9.17, 15) is 24.3 Å². The number of nitrogens with zero attached hydrogens (tertiary/aromatic N) is 3. The van der Waals surface area contributed by atoms with Gasteiger partial charge in [-0.3, -0.25) is 14.4 Å². The van der Waals surface area contributed by atoms with Crippen LogP contribution < -0.4 is 0 Å². The van der Waals surface area contributed by atoms with Crippen LogP contribution in [-0.4, -0.2) is 88.8 Å². The summed E-state index contributed by atoms with van der Waals surface area (Å²) >= 11 is 1.55. The van der Waals surface area contributed by atoms with E-state index in [2.05, 4.69) is 31.0 Å². The van der Waals surface area contributed by atoms with Gasteiger partial charge < -0.3 is 24.4 Å². The first-order valence-electron chi connectivity index (χ1n) is 18.0. The fourth-order valence-corrected chi connectivity index (χ4v) is 8.35. The monoisotopic (exact) mass is 697 g/mol. The van der Waals surface area contributed by atoms with E-state index < -0.39 is 23.9 Å². The number of carbonyl (C=O) groups excluding carboxylic acids is 4. The lowest BCUT2D eigenvalue weighted by molar-refractivity contribution is -0.148. The molecule has 1 fully saturated rings. The Hall–Kier alpha value is -2.95. The van der Waals surface area contributed by atoms with Gasteiger partial charge in [0.05, 0.1) is 23.6 Å². The van der Waals surface area contributed by atoms with Crippen LogP contribution in [0, 0.1) is 29.6 Å². The van der Waals surface area contributed by atoms with Crippen LogP contribution >= 0.6 is 11.3 Å². The van der Waals surface area contributed by atoms with Crippen LogP contribution in [0.3, 0.4) is 0 Å². The SMILES string of the molecule is CC[C@H](C)[C@@H]([C@@H](CC(=O)N1CCC[C@H]1[C@H](CO)[C@@H](C)C(=O)C[C@@H](Cc1ccccc1)c1nccs1)OC)N(C)C(=O)[C@@H](CC(C)=O)C(C)C. The van der Waals surface area contributed by atoms with Gasteiger partial charge in [-0.05, 0) is 43.6 Å². The molecular formula is C39H59N3O6S. The van der Waals surface area contributed by atoms with Crippen LogP contribution in [0.5, 0.6) is 0 Å². The number of methoxy groups -OCH3 is 1. The van der Waals surface area contributed by atoms with Crippen LogP contribution in [0.2, 0.25) is 0 Å². The van der Waals surface area contributed by atoms with Crippen LogP contribution in [0.1, 0.15) is 96.6 Å². The quantitative estimate of drug-likeness (QED) is 0.175. The number of Topliss-reactive ketones (excluding diaryl/α,β-unsaturated/α-hetero) is 2. The number of hydrogen-bond donors (Lipinski definition) is 1. The maximum absolute atomic E-state index is 14.1. The molecule has 0 bridgehead atoms. The van der Waals surface area contributed by atoms with Crippen molar-refractivity contribution in [3.8, 4) is 0 Å². The van der Waals surface area contributed by atoms with Crippen LogP contribution in [-0.2, 0) is 30.3 Å². The summed E-state index contributed by atoms with van der Waals surface area (Å²) in [6.07, 6.45) is 4.74. The minimum absolute atomic E-state index is 0.0141. The number of rotatable bonds is 20. The van der Waals surface area contributed by atoms with E-state index in [1.807, 2.05) is 49.3 Å². The normalized spacial score (nSPS) is 19.1. The third-order valence-electron chi connectivity index (χ3n) is 10.8. The van der Waals surface area contributed by atoms with Crippen molar-refractivity contribution in [2.24, 2.45) is 29.6 Å². The van der Waals surface area contributed by atoms with Gasteiger partial charge >= 0.3 is 0 Å². The van der Waals surface area contributed by atoms with Crippen LogP contribution in [0.25, 0.3) is 0 Å². The molecule has 0 aliphatic carbocycles. The van der Waals surface area contributed by atoms with Gasteiger partial charge in [-0.15, -0.1) is 11.3 Å². The van der Waals surface area contributed by atoms with E-state index in [0.717, 1.165) is 23.4 Å². The highest BCUT2D eigenvalue weighted by molar-refractivity contribution is 7.09. The Morgan fingerprint density at radius 1 is 1.08 bits per heavy atom. The van der Waals surface area contributed by atoms with Gasteiger partial charge in [0.15, 0.2) is 0 Å². The number of hydrogen-bond acceptors (Lipinski definition) is 8. The topological polar surface area (TPSA) is 117 Å². The van der Waals surface area contributed by atoms with Crippen molar-refractivity contribution >= 4 is 34.7 Å². The molecule has 2 heterocycles. The molecule has 49 heavy (non-hydrogen) atoms. The Morgan fingerprint density at radius 2 is 1.78 bits per heavy atom. The second-order valence-electron chi connectivity index (χ2n) is 14.4. The van der Waals surface area contributed by atoms with Crippen molar-refractivity contribution in [3.05, 3.63) is 52.5 Å². The van der Waals surface area contributed by atoms with Gasteiger partial charge in [0, 0.05) is 81.4 Å². The molecule has 3 rings (SSSR count). The number of ketones is 2. The van der Waals surface area contributed by atoms with E-state index in [1.54, 1.807) is 36.6 Å². The molecule has 1 aromatic carbocycles. The summed E-state index contributed by atoms with van der Waals surface area (Å²) in [6.45, 7) is 11.8. The smallest absolute Gasteiger partial charge is 0.226 e. The molecule has 0 unspecified atom stereocenters. The van der Waals surface area contributed by atoms with Crippen molar-refractivity contribution in [1.29, 1.82) is 0 Å². The van der Waals surface area contributed by atoms with Crippen molar-refractivity contribution < 1.29 is 29.0 Å². The zero-order chi connectivity index (χ0) is 36.2. The molecular weight excluding hydrogens is 639 g/mol. The molecule has 0 saturated carbocycles. The highest BCUT2D eigenvalue weighted by Gasteiger charge is 2.42. The number of carbonyl (C=O) groups is 4. The lowest BCUT2D eigenvalue weighted by Crippen LogP contribution is -2.53. The Kier molecular flexibility index (Phi) is 16.1. The second kappa shape index (κ2) is 19.4. The third kappa shape index (κ3) is 10.8. The Bertz CT molecular complexity index is 1340. The summed E-state index contributed by atoms with van der Waals surface area (Å²) in [5.41, 5.74) is 1.14. The molecule has 1 saturated heterocycles. The van der Waals surface area contributed by atoms with Gasteiger partial charge in [0.2, 0.25) is 11.8 Å². The summed E-state index contributed by atoms with van der Waals surface area (Å²) in [5, 5.41) is 13.5. The number of likely N-dealkylation sites (N-methyl/N-ethyl adjacent to an activating group) is 1. The minimum Gasteiger partial charge on any atom is -0.396 e. The predicted molar refractivity (Wildman–Crippen MR) is 194 cm³/mol. The Morgan fingerprint density at radius 3 is 2.33 bits per heavy atom. The first-order valence-corrected chi connectivity index (χ1v) is 18.9. The summed E-state index contributed by atoms with van der Waals surface area (Å²) < 4.78 is 5.98. The standard InChI is InChI=1S/C39H59N3O6S/c1-9-26(4)37(41(7)39(47)31(25(2)3)20-27(5)44)35(48-8)23-36(46)42-18-13-16-33(42)32(24-43)28(6)34(45)22-30(38-40-17-19-49-38)21-29-14-11-10-12-15-29/h10-12,14-15,17,19,25-26,28,30-33,35,37,43H,9,13,16,18,20-24H2,1-8H3/t26-,28+,30+,31-,32+,33-,35+,37-/m0/s1. The van der Waals surface area contributed by atoms with Crippen molar-refractivity contribution in [1.82, 2.24) is 14.8 Å². The van der Waals surface area contributed by atoms with Gasteiger partial charge in [-0.1, -0.05) is 71.4 Å². The Balaban J connectivity index is 1.77. The lowest BCUT2D eigenvalue weighted by Gasteiger charge is -2.40. The first kappa shape index (κ1) is 40.5. The molecule has 1 aromatic heterocycles. The predicted octanol–water partition coefficient (Wildman–Crippen LogP) is 6.19. The fraction of sp³-hybridized carbons (Fsp3) is 0.667. The number of ether oxygens (including phenoxy) is 1. The molecule has 272 valence electrons. The number of aromatic nitrogens is 1. The first-order chi connectivity index (χ1) is 23.3. The molecule has 2 amide bonds. The minimum atomic E-state index is -0.563. The second-order valence-corrected chi connectivity index (χ2v) is 15.3. The molecule has 1 aliphatic heterocycles. The molecule has 2 aromatic rings. The third-order valence-corrected chi connectivity index (χ3v) is 11.7. The van der Waals surface area contributed by atoms with Gasteiger partial charge in [0.1, 0.15) is 11.6 Å². The molecule has 1 aliphatic rings. The zero-order valence-electron chi connectivity index (χ0n) is 30.8. The van der Waals surface area contributed by atoms with E-state index in [0.29, 0.717) is 25.8 Å². The fourth-order valence-electron chi connectivity index (χ4n) is 7.61. The van der Waals surface area contributed by atoms with Gasteiger partial charge in [-0.25, -0.2) is 4.98 Å². The largest absolute Gasteiger partial charge is 0.396 e. The number of benzene rings is 1. The number of amides is 2. The average molecular weight is 698 g/mol. The molecule has 8 atom stereocenters. The molecule has 10 heteroatoms. The number of thiazole rings is 1. The summed E-state index contributed by atoms with van der Waals surface area (Å²) in [7, 11) is 3.34. The number of aliphatic hydroxyl groups excluding tert-OH is 1. The lowest BCUT2D eigenvalue weighted by atomic mass is 9.80. The van der Waals surface area contributed by atoms with Gasteiger partial charge in [0.25, 0.3) is 0 Å². The Labute approximate surface area is 297 Å². The highest BCUT2D eigenvalue weighted by Crippen LogP contribution is 2.34. The van der Waals surface area contributed by atoms with E-state index in [-0.39, 0.29) is 72.7 Å². The summed E-state index contributed by atoms with van der Waals surface area (Å²) in [6, 6.07) is 9.46. The van der Waals surface area contributed by atoms with Crippen molar-refractivity contribution in [2.75, 3.05) is 27.3 Å². The van der Waals surface area contributed by atoms with E-state index in [1.165, 1.54) is 6.92 Å². The van der Waals surface area contributed by atoms with E-state index >= 15 is 0 Å². The average Bonchev–Trinajstić information content (AvgIpc) is 3.80. The van der Waals surface area contributed by atoms with E-state index in [4.69, 9.17) is 4.74 Å². The summed E-state index contributed by atoms with van der Waals surface area (Å²) in [4.78, 5) is 61.9.